The molecule has 0 bridgehead atoms. The first kappa shape index (κ1) is 19.2. The van der Waals surface area contributed by atoms with Crippen molar-refractivity contribution >= 4 is 45.7 Å². The number of anilines is 1. The highest BCUT2D eigenvalue weighted by molar-refractivity contribution is 9.10. The second kappa shape index (κ2) is 7.83. The van der Waals surface area contributed by atoms with Gasteiger partial charge in [0.2, 0.25) is 5.91 Å². The van der Waals surface area contributed by atoms with E-state index in [4.69, 9.17) is 0 Å². The van der Waals surface area contributed by atoms with Gasteiger partial charge in [0.15, 0.2) is 5.92 Å². The van der Waals surface area contributed by atoms with Crippen LogP contribution in [0.1, 0.15) is 0 Å². The third-order valence-electron chi connectivity index (χ3n) is 3.67. The maximum Gasteiger partial charge on any atom is 0.335 e. The van der Waals surface area contributed by atoms with Gasteiger partial charge in [-0.15, -0.1) is 0 Å². The topological polar surface area (TPSA) is 140 Å². The van der Waals surface area contributed by atoms with Crippen LogP contribution in [0.4, 0.5) is 10.5 Å². The zero-order valence-electron chi connectivity index (χ0n) is 12.9. The van der Waals surface area contributed by atoms with Crippen LogP contribution in [0.5, 0.6) is 0 Å². The van der Waals surface area contributed by atoms with Gasteiger partial charge in [-0.05, 0) is 24.3 Å². The second-order valence-corrected chi connectivity index (χ2v) is 6.31. The molecular formula is C15H16BrN3O6. The minimum absolute atomic E-state index is 0.259. The lowest BCUT2D eigenvalue weighted by Gasteiger charge is -2.29. The zero-order chi connectivity index (χ0) is 18.6. The SMILES string of the molecule is O=C1NC(=O)N(c2ccc(Br)cc2)C(=O)[C@@H]1C=NC(CO)(CO)CO. The predicted octanol–water partition coefficient (Wildman–Crippen LogP) is -0.565. The minimum Gasteiger partial charge on any atom is -0.394 e. The Kier molecular flexibility index (Phi) is 6.01. The molecular weight excluding hydrogens is 398 g/mol. The van der Waals surface area contributed by atoms with Gasteiger partial charge in [0.25, 0.3) is 5.91 Å². The second-order valence-electron chi connectivity index (χ2n) is 5.40. The Morgan fingerprint density at radius 3 is 2.20 bits per heavy atom. The van der Waals surface area contributed by atoms with Crippen molar-refractivity contribution in [1.82, 2.24) is 5.32 Å². The van der Waals surface area contributed by atoms with Crippen LogP contribution in [0.2, 0.25) is 0 Å². The van der Waals surface area contributed by atoms with Gasteiger partial charge in [0.1, 0.15) is 5.54 Å². The zero-order valence-corrected chi connectivity index (χ0v) is 14.5. The van der Waals surface area contributed by atoms with Gasteiger partial charge in [0, 0.05) is 10.7 Å². The molecule has 10 heteroatoms. The van der Waals surface area contributed by atoms with Crippen molar-refractivity contribution in [3.8, 4) is 0 Å². The Bertz CT molecular complexity index is 693. The summed E-state index contributed by atoms with van der Waals surface area (Å²) in [5.41, 5.74) is -1.36. The van der Waals surface area contributed by atoms with Crippen molar-refractivity contribution in [3.05, 3.63) is 28.7 Å². The summed E-state index contributed by atoms with van der Waals surface area (Å²) < 4.78 is 0.744. The van der Waals surface area contributed by atoms with Crippen LogP contribution in [0.15, 0.2) is 33.7 Å². The van der Waals surface area contributed by atoms with E-state index >= 15 is 0 Å². The molecule has 1 aliphatic rings. The smallest absolute Gasteiger partial charge is 0.335 e. The van der Waals surface area contributed by atoms with Crippen LogP contribution in [0, 0.1) is 5.92 Å². The average Bonchev–Trinajstić information content (AvgIpc) is 2.60. The van der Waals surface area contributed by atoms with E-state index in [-0.39, 0.29) is 5.69 Å². The maximum atomic E-state index is 12.6. The highest BCUT2D eigenvalue weighted by Gasteiger charge is 2.41. The first-order valence-corrected chi connectivity index (χ1v) is 7.99. The molecule has 0 spiro atoms. The summed E-state index contributed by atoms with van der Waals surface area (Å²) in [7, 11) is 0. The van der Waals surface area contributed by atoms with E-state index in [2.05, 4.69) is 26.2 Å². The molecule has 1 atom stereocenters. The number of aliphatic imine (C=N–C) groups is 1. The van der Waals surface area contributed by atoms with Gasteiger partial charge in [-0.25, -0.2) is 9.69 Å². The molecule has 4 amide bonds. The van der Waals surface area contributed by atoms with Crippen LogP contribution in [-0.2, 0) is 9.59 Å². The lowest BCUT2D eigenvalue weighted by Crippen LogP contribution is -2.59. The minimum atomic E-state index is -1.62. The Labute approximate surface area is 151 Å². The van der Waals surface area contributed by atoms with Crippen LogP contribution in [0.3, 0.4) is 0 Å². The number of nitrogens with one attached hydrogen (secondary N) is 1. The summed E-state index contributed by atoms with van der Waals surface area (Å²) in [6.07, 6.45) is 0.915. The molecule has 1 aromatic rings. The molecule has 1 heterocycles. The van der Waals surface area contributed by atoms with E-state index in [0.29, 0.717) is 0 Å². The number of hydrogen-bond acceptors (Lipinski definition) is 7. The number of barbiturate groups is 1. The van der Waals surface area contributed by atoms with E-state index in [1.54, 1.807) is 12.1 Å². The van der Waals surface area contributed by atoms with Crippen molar-refractivity contribution in [3.63, 3.8) is 0 Å². The highest BCUT2D eigenvalue weighted by atomic mass is 79.9. The van der Waals surface area contributed by atoms with Crippen molar-refractivity contribution in [2.24, 2.45) is 10.9 Å². The highest BCUT2D eigenvalue weighted by Crippen LogP contribution is 2.22. The molecule has 0 radical (unpaired) electrons. The largest absolute Gasteiger partial charge is 0.394 e. The van der Waals surface area contributed by atoms with Crippen LogP contribution in [-0.4, -0.2) is 64.7 Å². The van der Waals surface area contributed by atoms with Crippen LogP contribution < -0.4 is 10.2 Å². The van der Waals surface area contributed by atoms with E-state index in [1.807, 2.05) is 0 Å². The third kappa shape index (κ3) is 3.93. The summed E-state index contributed by atoms with van der Waals surface area (Å²) in [6.45, 7) is -2.06. The van der Waals surface area contributed by atoms with Crippen molar-refractivity contribution in [2.75, 3.05) is 24.7 Å². The quantitative estimate of drug-likeness (QED) is 0.363. The number of benzene rings is 1. The van der Waals surface area contributed by atoms with Gasteiger partial charge in [0.05, 0.1) is 25.5 Å². The monoisotopic (exact) mass is 413 g/mol. The van der Waals surface area contributed by atoms with E-state index in [9.17, 15) is 29.7 Å². The Morgan fingerprint density at radius 1 is 1.12 bits per heavy atom. The van der Waals surface area contributed by atoms with Gasteiger partial charge < -0.3 is 15.3 Å². The van der Waals surface area contributed by atoms with Crippen LogP contribution in [0.25, 0.3) is 0 Å². The molecule has 1 fully saturated rings. The Hall–Kier alpha value is -2.14. The molecule has 0 aliphatic carbocycles. The van der Waals surface area contributed by atoms with E-state index < -0.39 is 49.1 Å². The summed E-state index contributed by atoms with van der Waals surface area (Å²) in [6, 6.07) is 5.41. The number of aliphatic hydroxyl groups excluding tert-OH is 3. The number of halogens is 1. The fourth-order valence-corrected chi connectivity index (χ4v) is 2.33. The summed E-state index contributed by atoms with van der Waals surface area (Å²) in [5.74, 6) is -3.15. The van der Waals surface area contributed by atoms with Gasteiger partial charge >= 0.3 is 6.03 Å². The van der Waals surface area contributed by atoms with Crippen molar-refractivity contribution in [2.45, 2.75) is 5.54 Å². The van der Waals surface area contributed by atoms with E-state index in [0.717, 1.165) is 15.6 Å². The number of carbonyl (C=O) groups excluding carboxylic acids is 3. The summed E-state index contributed by atoms with van der Waals surface area (Å²) in [4.78, 5) is 41.1. The molecule has 4 N–H and O–H groups in total. The number of urea groups is 1. The number of hydrogen-bond donors (Lipinski definition) is 4. The standard InChI is InChI=1S/C15H16BrN3O6/c16-9-1-3-10(4-2-9)19-13(24)11(12(23)18-14(19)25)5-17-15(6-20,7-21)8-22/h1-5,11,20-22H,6-8H2,(H,18,23,25)/t11-/m1/s1. The predicted molar refractivity (Wildman–Crippen MR) is 91.1 cm³/mol. The Balaban J connectivity index is 2.32. The molecule has 0 saturated carbocycles. The molecule has 1 aliphatic heterocycles. The number of aliphatic hydroxyl groups is 3. The maximum absolute atomic E-state index is 12.6. The molecule has 1 aromatic carbocycles. The molecule has 2 rings (SSSR count). The van der Waals surface area contributed by atoms with Crippen LogP contribution >= 0.6 is 15.9 Å². The lowest BCUT2D eigenvalue weighted by molar-refractivity contribution is -0.131. The summed E-state index contributed by atoms with van der Waals surface area (Å²) >= 11 is 3.24. The normalized spacial score (nSPS) is 18.8. The Morgan fingerprint density at radius 2 is 1.68 bits per heavy atom. The van der Waals surface area contributed by atoms with Crippen molar-refractivity contribution < 1.29 is 29.7 Å². The van der Waals surface area contributed by atoms with Crippen molar-refractivity contribution in [1.29, 1.82) is 0 Å². The van der Waals surface area contributed by atoms with E-state index in [1.165, 1.54) is 12.1 Å². The molecule has 0 unspecified atom stereocenters. The first-order valence-electron chi connectivity index (χ1n) is 7.20. The van der Waals surface area contributed by atoms with Gasteiger partial charge in [-0.2, -0.15) is 0 Å². The molecule has 9 nitrogen and oxygen atoms in total. The van der Waals surface area contributed by atoms with Gasteiger partial charge in [-0.1, -0.05) is 15.9 Å². The summed E-state index contributed by atoms with van der Waals surface area (Å²) in [5, 5.41) is 29.8. The number of nitrogens with zero attached hydrogens (tertiary/aromatic N) is 2. The third-order valence-corrected chi connectivity index (χ3v) is 4.20. The number of amides is 4. The average molecular weight is 414 g/mol. The fraction of sp³-hybridized carbons (Fsp3) is 0.333. The number of rotatable bonds is 6. The molecule has 134 valence electrons. The molecule has 1 saturated heterocycles. The molecule has 25 heavy (non-hydrogen) atoms. The molecule has 0 aromatic heterocycles. The van der Waals surface area contributed by atoms with Gasteiger partial charge in [-0.3, -0.25) is 19.9 Å². The number of carbonyl (C=O) groups is 3. The number of imide groups is 2. The first-order chi connectivity index (χ1) is 11.9. The fourth-order valence-electron chi connectivity index (χ4n) is 2.06. The lowest BCUT2D eigenvalue weighted by atomic mass is 10.0.